The zero-order valence-electron chi connectivity index (χ0n) is 47.1. The third-order valence-electron chi connectivity index (χ3n) is 14.9. The second-order valence-electron chi connectivity index (χ2n) is 21.4. The van der Waals surface area contributed by atoms with Gasteiger partial charge in [0.2, 0.25) is 6.67 Å². The maximum absolute atomic E-state index is 14.2. The number of para-hydroxylation sites is 1. The summed E-state index contributed by atoms with van der Waals surface area (Å²) in [5, 5.41) is 1.16. The number of anilines is 1. The number of alkyl halides is 24. The first-order valence-electron chi connectivity index (χ1n) is 27.4. The summed E-state index contributed by atoms with van der Waals surface area (Å²) in [6.45, 7) is 4.39. The number of benzene rings is 6. The van der Waals surface area contributed by atoms with E-state index in [9.17, 15) is 105 Å². The Morgan fingerprint density at radius 3 is 1.04 bits per heavy atom. The van der Waals surface area contributed by atoms with Crippen molar-refractivity contribution in [3.8, 4) is 10.6 Å². The van der Waals surface area contributed by atoms with Crippen LogP contribution in [0, 0.1) is 32.4 Å². The van der Waals surface area contributed by atoms with Gasteiger partial charge in [-0.2, -0.15) is 127 Å². The second-order valence-corrected chi connectivity index (χ2v) is 22.4. The minimum absolute atomic E-state index is 0. The Morgan fingerprint density at radius 2 is 0.731 bits per heavy atom. The van der Waals surface area contributed by atoms with Crippen LogP contribution in [0.25, 0.3) is 10.6 Å². The van der Waals surface area contributed by atoms with Gasteiger partial charge in [0.25, 0.3) is 0 Å². The molecule has 30 heteroatoms. The average molecular weight is 1540 g/mol. The largest absolute Gasteiger partial charge is 0.416 e. The van der Waals surface area contributed by atoms with Crippen molar-refractivity contribution in [1.82, 2.24) is 9.88 Å². The monoisotopic (exact) mass is 1540 g/mol. The van der Waals surface area contributed by atoms with Crippen LogP contribution in [0.4, 0.5) is 111 Å². The Hall–Kier alpha value is -6.68. The van der Waals surface area contributed by atoms with E-state index in [1.54, 1.807) is 0 Å². The number of hydrogen-bond donors (Lipinski definition) is 0. The molecule has 10 rings (SSSR count). The van der Waals surface area contributed by atoms with Crippen LogP contribution in [0.2, 0.25) is 0 Å². The average Bonchev–Trinajstić information content (AvgIpc) is 1.26. The molecule has 2 heterocycles. The topological polar surface area (TPSA) is 19.4 Å². The van der Waals surface area contributed by atoms with E-state index >= 15 is 0 Å². The molecule has 0 spiro atoms. The molecule has 0 amide bonds. The number of halogens is 24. The molecule has 1 atom stereocenters. The molecule has 1 aliphatic heterocycles. The van der Waals surface area contributed by atoms with E-state index in [1.807, 2.05) is 17.4 Å². The minimum Gasteiger partial charge on any atom is -0.345 e. The first-order chi connectivity index (χ1) is 42.6. The Labute approximate surface area is 533 Å². The summed E-state index contributed by atoms with van der Waals surface area (Å²) in [6, 6.07) is 12.1. The second kappa shape index (κ2) is 28.3. The third-order valence-corrected chi connectivity index (χ3v) is 16.1. The molecule has 93 heavy (non-hydrogen) atoms. The van der Waals surface area contributed by atoms with Gasteiger partial charge in [0.15, 0.2) is 0 Å². The summed E-state index contributed by atoms with van der Waals surface area (Å²) < 4.78 is 341. The van der Waals surface area contributed by atoms with E-state index in [2.05, 4.69) is 109 Å². The van der Waals surface area contributed by atoms with E-state index in [0.29, 0.717) is 5.92 Å². The predicted molar refractivity (Wildman–Crippen MR) is 297 cm³/mol. The first-order valence-corrected chi connectivity index (χ1v) is 28.2. The quantitative estimate of drug-likeness (QED) is 0.112. The molecular weight excluding hydrogens is 1490 g/mol. The summed E-state index contributed by atoms with van der Waals surface area (Å²) in [5.74, 6) is 0.468. The summed E-state index contributed by atoms with van der Waals surface area (Å²) in [5.41, 5.74) is -26.5. The Balaban J connectivity index is 0.000000276. The van der Waals surface area contributed by atoms with E-state index in [4.69, 9.17) is 4.98 Å². The Morgan fingerprint density at radius 1 is 0.419 bits per heavy atom. The Kier molecular flexibility index (Phi) is 22.5. The third kappa shape index (κ3) is 18.2. The summed E-state index contributed by atoms with van der Waals surface area (Å²) >= 11 is 1.87. The number of hydrogen-bond acceptors (Lipinski definition) is 4. The van der Waals surface area contributed by atoms with Crippen LogP contribution < -0.4 is 26.8 Å². The van der Waals surface area contributed by atoms with Gasteiger partial charge in [0, 0.05) is 61.1 Å². The van der Waals surface area contributed by atoms with Crippen LogP contribution in [0.15, 0.2) is 146 Å². The number of thiazole rings is 1. The predicted octanol–water partition coefficient (Wildman–Crippen LogP) is 19.1. The van der Waals surface area contributed by atoms with Crippen molar-refractivity contribution in [2.75, 3.05) is 11.4 Å². The van der Waals surface area contributed by atoms with Gasteiger partial charge < -0.3 is 9.80 Å². The van der Waals surface area contributed by atoms with Crippen LogP contribution >= 0.6 is 11.3 Å². The van der Waals surface area contributed by atoms with Crippen LogP contribution in [-0.4, -0.2) is 22.6 Å². The molecule has 3 nitrogen and oxygen atoms in total. The Bertz CT molecular complexity index is 3220. The van der Waals surface area contributed by atoms with Gasteiger partial charge in [0.1, 0.15) is 11.2 Å². The fourth-order valence-corrected chi connectivity index (χ4v) is 11.9. The van der Waals surface area contributed by atoms with E-state index in [-0.39, 0.29) is 20.1 Å². The van der Waals surface area contributed by atoms with Crippen LogP contribution in [0.3, 0.4) is 0 Å². The normalized spacial score (nSPS) is 16.3. The summed E-state index contributed by atoms with van der Waals surface area (Å²) in [6.07, 6.45) is -33.0. The molecule has 2 aliphatic carbocycles. The van der Waals surface area contributed by atoms with Gasteiger partial charge in [0.05, 0.1) is 50.2 Å². The number of fused-ring (bicyclic) bond motifs is 1. The smallest absolute Gasteiger partial charge is 0.345 e. The van der Waals surface area contributed by atoms with Crippen molar-refractivity contribution in [1.29, 1.82) is 0 Å². The molecule has 1 aromatic heterocycles. The molecular formula is C63H45BF24IrN3S-. The molecule has 1 fully saturated rings. The van der Waals surface area contributed by atoms with Gasteiger partial charge in [-0.05, 0) is 107 Å². The number of aromatic nitrogens is 1. The van der Waals surface area contributed by atoms with Gasteiger partial charge in [-0.3, -0.25) is 0 Å². The van der Waals surface area contributed by atoms with E-state index in [0.717, 1.165) is 23.7 Å². The first kappa shape index (κ1) is 73.7. The van der Waals surface area contributed by atoms with Crippen LogP contribution in [0.5, 0.6) is 0 Å². The molecule has 3 aliphatic rings. The zero-order chi connectivity index (χ0) is 67.6. The molecule has 6 aromatic carbocycles. The van der Waals surface area contributed by atoms with Gasteiger partial charge in [-0.1, -0.05) is 97.1 Å². The summed E-state index contributed by atoms with van der Waals surface area (Å²) in [4.78, 5) is 10.7. The van der Waals surface area contributed by atoms with Crippen molar-refractivity contribution < 1.29 is 125 Å². The van der Waals surface area contributed by atoms with Crippen LogP contribution in [-0.2, 0) is 75.9 Å². The zero-order valence-corrected chi connectivity index (χ0v) is 50.3. The molecule has 7 radical (unpaired) electrons. The standard InChI is InChI=1S/C32H12BF24.C23H21N3S.C8H12.Ir/c34-25(35,36)13-1-14(26(37,38)39)6-21(5-13)33(22-7-15(27(40,41)42)2-16(8-22)28(43,44)45,23-9-17(29(46,47)48)3-18(10-23)30(49,50)51)24-11-19(31(52,53)54)4-20(12-24)32(55,56)57;1-3-8-18(9-4-1)23-24-22-19(10-7-13-21(22)27-23)16-25-14-15-26(17-25)20-11-5-2-6-12-20;1-2-4-6-8-7-5-3-1;/h1-12H;1-6,8-9,11-12,14-15,19H,7,10,13,16H2;1-2,7-8H,3-6H2;/q-1;;;/t;19-;;/m.1../s1. The fraction of sp³-hybridized carbons (Fsp3) is 0.270. The van der Waals surface area contributed by atoms with Crippen molar-refractivity contribution in [2.24, 2.45) is 0 Å². The molecule has 0 saturated heterocycles. The minimum atomic E-state index is -6.13. The maximum Gasteiger partial charge on any atom is 0.416 e. The van der Waals surface area contributed by atoms with Crippen molar-refractivity contribution >= 4 is 45.0 Å². The molecule has 0 unspecified atom stereocenters. The SMILES string of the molecule is FC(F)(F)c1cc([B-](c2cc(C(F)(F)F)cc(C(F)(F)F)c2)(c2cc(C(F)(F)F)cc(C(F)(F)F)c2)c2cc(C(F)(F)F)cc(C(F)(F)F)c2)cc(C(F)(F)F)c1.[CH]1[CH]CC[CH][CH]CC1.[C]1N(C[C@H]2CCCc3sc(-c4ccccc4)nc32)C=CN1c1ccccc1.[Ir]. The molecule has 499 valence electrons. The molecule has 7 aromatic rings. The number of nitrogens with zero attached hydrogens (tertiary/aromatic N) is 3. The van der Waals surface area contributed by atoms with E-state index in [1.165, 1.54) is 54.7 Å². The van der Waals surface area contributed by atoms with E-state index < -0.39 is 195 Å². The molecule has 0 N–H and O–H groups in total. The van der Waals surface area contributed by atoms with Crippen LogP contribution in [0.1, 0.15) is 99.5 Å². The maximum atomic E-state index is 14.2. The van der Waals surface area contributed by atoms with Crippen molar-refractivity contribution in [3.05, 3.63) is 233 Å². The summed E-state index contributed by atoms with van der Waals surface area (Å²) in [7, 11) is 0. The van der Waals surface area contributed by atoms with Gasteiger partial charge in [-0.25, -0.2) is 4.98 Å². The molecule has 1 saturated carbocycles. The van der Waals surface area contributed by atoms with Gasteiger partial charge in [-0.15, -0.1) is 11.3 Å². The number of rotatable bonds is 8. The fourth-order valence-electron chi connectivity index (χ4n) is 10.7. The number of aryl methyl sites for hydroxylation is 1. The van der Waals surface area contributed by atoms with Gasteiger partial charge >= 0.3 is 49.4 Å². The van der Waals surface area contributed by atoms with Crippen molar-refractivity contribution in [3.63, 3.8) is 0 Å². The van der Waals surface area contributed by atoms with Crippen molar-refractivity contribution in [2.45, 2.75) is 100 Å². The molecule has 0 bridgehead atoms.